The summed E-state index contributed by atoms with van der Waals surface area (Å²) in [4.78, 5) is 14.8. The van der Waals surface area contributed by atoms with E-state index in [-0.39, 0.29) is 12.7 Å². The maximum Gasteiger partial charge on any atom is 0.231 e. The van der Waals surface area contributed by atoms with E-state index in [2.05, 4.69) is 29.2 Å². The van der Waals surface area contributed by atoms with Crippen molar-refractivity contribution in [2.24, 2.45) is 0 Å². The van der Waals surface area contributed by atoms with E-state index in [9.17, 15) is 4.79 Å². The van der Waals surface area contributed by atoms with Crippen LogP contribution >= 0.6 is 0 Å². The van der Waals surface area contributed by atoms with E-state index in [1.807, 2.05) is 24.3 Å². The molecule has 0 aromatic heterocycles. The van der Waals surface area contributed by atoms with E-state index in [1.165, 1.54) is 5.56 Å². The minimum absolute atomic E-state index is 0.260. The fraction of sp³-hybridized carbons (Fsp3) is 0.381. The maximum atomic E-state index is 12.7. The Morgan fingerprint density at radius 1 is 1.04 bits per heavy atom. The Bertz CT molecular complexity index is 744. The lowest BCUT2D eigenvalue weighted by molar-refractivity contribution is -0.131. The number of fused-ring (bicyclic) bond motifs is 1. The summed E-state index contributed by atoms with van der Waals surface area (Å²) >= 11 is 0. The fourth-order valence-electron chi connectivity index (χ4n) is 3.75. The lowest BCUT2D eigenvalue weighted by Crippen LogP contribution is -2.36. The molecule has 0 saturated carbocycles. The Kier molecular flexibility index (Phi) is 4.59. The third-order valence-corrected chi connectivity index (χ3v) is 5.08. The molecule has 2 aromatic rings. The van der Waals surface area contributed by atoms with Gasteiger partial charge in [0.2, 0.25) is 12.7 Å². The van der Waals surface area contributed by atoms with Gasteiger partial charge in [0.05, 0.1) is 0 Å². The van der Waals surface area contributed by atoms with Crippen molar-refractivity contribution in [3.63, 3.8) is 0 Å². The van der Waals surface area contributed by atoms with E-state index in [0.717, 1.165) is 49.3 Å². The van der Waals surface area contributed by atoms with Crippen molar-refractivity contribution < 1.29 is 14.3 Å². The van der Waals surface area contributed by atoms with Gasteiger partial charge in [-0.2, -0.15) is 0 Å². The van der Waals surface area contributed by atoms with Crippen LogP contribution in [0.5, 0.6) is 11.5 Å². The summed E-state index contributed by atoms with van der Waals surface area (Å²) in [6.45, 7) is 1.17. The average Bonchev–Trinajstić information content (AvgIpc) is 3.29. The van der Waals surface area contributed by atoms with Gasteiger partial charge >= 0.3 is 0 Å². The van der Waals surface area contributed by atoms with E-state index in [4.69, 9.17) is 9.47 Å². The predicted octanol–water partition coefficient (Wildman–Crippen LogP) is 3.58. The smallest absolute Gasteiger partial charge is 0.231 e. The number of aryl methyl sites for hydroxylation is 1. The van der Waals surface area contributed by atoms with E-state index in [1.54, 1.807) is 0 Å². The van der Waals surface area contributed by atoms with Crippen LogP contribution in [0.2, 0.25) is 0 Å². The summed E-state index contributed by atoms with van der Waals surface area (Å²) in [5, 5.41) is 0. The second-order valence-corrected chi connectivity index (χ2v) is 6.76. The highest BCUT2D eigenvalue weighted by atomic mass is 16.7. The molecule has 2 heterocycles. The topological polar surface area (TPSA) is 38.8 Å². The number of hydrogen-bond donors (Lipinski definition) is 0. The quantitative estimate of drug-likeness (QED) is 0.837. The summed E-state index contributed by atoms with van der Waals surface area (Å²) in [6.07, 6.45) is 4.45. The number of nitrogens with zero attached hydrogens (tertiary/aromatic N) is 1. The Morgan fingerprint density at radius 2 is 1.88 bits per heavy atom. The highest BCUT2D eigenvalue weighted by Gasteiger charge is 2.28. The molecule has 4 heteroatoms. The number of amides is 1. The normalized spacial score (nSPS) is 18.6. The molecule has 1 fully saturated rings. The summed E-state index contributed by atoms with van der Waals surface area (Å²) in [6, 6.07) is 16.7. The van der Waals surface area contributed by atoms with Gasteiger partial charge in [-0.1, -0.05) is 36.4 Å². The molecule has 1 atom stereocenters. The van der Waals surface area contributed by atoms with Gasteiger partial charge in [0.15, 0.2) is 11.5 Å². The number of likely N-dealkylation sites (tertiary alicyclic amines) is 1. The summed E-state index contributed by atoms with van der Waals surface area (Å²) in [7, 11) is 0. The molecular weight excluding hydrogens is 314 g/mol. The molecule has 2 aliphatic heterocycles. The zero-order valence-electron chi connectivity index (χ0n) is 14.3. The summed E-state index contributed by atoms with van der Waals surface area (Å²) in [5.41, 5.74) is 2.43. The standard InChI is InChI=1S/C21H23NO3/c23-21(11-9-17-8-10-19-20(14-17)25-15-24-19)22-12-4-7-18(22)13-16-5-2-1-3-6-16/h1-3,5-6,8,10,14,18H,4,7,9,11-13,15H2. The van der Waals surface area contributed by atoms with Crippen LogP contribution < -0.4 is 9.47 Å². The molecule has 0 bridgehead atoms. The summed E-state index contributed by atoms with van der Waals surface area (Å²) in [5.74, 6) is 1.83. The molecule has 0 radical (unpaired) electrons. The number of carbonyl (C=O) groups is 1. The SMILES string of the molecule is O=C(CCc1ccc2c(c1)OCO2)N1CCCC1Cc1ccccc1. The predicted molar refractivity (Wildman–Crippen MR) is 95.8 cm³/mol. The van der Waals surface area contributed by atoms with Gasteiger partial charge in [-0.05, 0) is 48.9 Å². The molecule has 2 aliphatic rings. The minimum atomic E-state index is 0.260. The van der Waals surface area contributed by atoms with Gasteiger partial charge in [0, 0.05) is 19.0 Å². The first-order chi connectivity index (χ1) is 12.3. The second kappa shape index (κ2) is 7.18. The van der Waals surface area contributed by atoms with Crippen LogP contribution in [0.25, 0.3) is 0 Å². The largest absolute Gasteiger partial charge is 0.454 e. The van der Waals surface area contributed by atoms with Gasteiger partial charge in [0.1, 0.15) is 0 Å². The number of rotatable bonds is 5. The lowest BCUT2D eigenvalue weighted by atomic mass is 10.0. The first kappa shape index (κ1) is 16.0. The van der Waals surface area contributed by atoms with Crippen LogP contribution in [0.3, 0.4) is 0 Å². The molecule has 2 aromatic carbocycles. The third kappa shape index (κ3) is 3.63. The molecule has 1 saturated heterocycles. The van der Waals surface area contributed by atoms with E-state index < -0.39 is 0 Å². The van der Waals surface area contributed by atoms with Crippen molar-refractivity contribution in [1.29, 1.82) is 0 Å². The van der Waals surface area contributed by atoms with Crippen LogP contribution in [-0.2, 0) is 17.6 Å². The third-order valence-electron chi connectivity index (χ3n) is 5.08. The molecule has 1 amide bonds. The van der Waals surface area contributed by atoms with Crippen LogP contribution in [0.1, 0.15) is 30.4 Å². The van der Waals surface area contributed by atoms with Crippen LogP contribution in [0, 0.1) is 0 Å². The highest BCUT2D eigenvalue weighted by molar-refractivity contribution is 5.77. The van der Waals surface area contributed by atoms with Crippen molar-refractivity contribution in [3.8, 4) is 11.5 Å². The molecular formula is C21H23NO3. The maximum absolute atomic E-state index is 12.7. The van der Waals surface area contributed by atoms with Gasteiger partial charge in [-0.15, -0.1) is 0 Å². The van der Waals surface area contributed by atoms with E-state index >= 15 is 0 Å². The van der Waals surface area contributed by atoms with Crippen molar-refractivity contribution in [2.45, 2.75) is 38.1 Å². The molecule has 130 valence electrons. The number of ether oxygens (including phenoxy) is 2. The molecule has 25 heavy (non-hydrogen) atoms. The Hall–Kier alpha value is -2.49. The lowest BCUT2D eigenvalue weighted by Gasteiger charge is -2.25. The zero-order chi connectivity index (χ0) is 17.1. The molecule has 0 N–H and O–H groups in total. The van der Waals surface area contributed by atoms with Crippen molar-refractivity contribution >= 4 is 5.91 Å². The first-order valence-electron chi connectivity index (χ1n) is 9.01. The molecule has 0 aliphatic carbocycles. The van der Waals surface area contributed by atoms with Crippen molar-refractivity contribution in [2.75, 3.05) is 13.3 Å². The van der Waals surface area contributed by atoms with Crippen molar-refractivity contribution in [1.82, 2.24) is 4.90 Å². The van der Waals surface area contributed by atoms with Gasteiger partial charge in [-0.25, -0.2) is 0 Å². The van der Waals surface area contributed by atoms with E-state index in [0.29, 0.717) is 12.5 Å². The van der Waals surface area contributed by atoms with Crippen molar-refractivity contribution in [3.05, 3.63) is 59.7 Å². The summed E-state index contributed by atoms with van der Waals surface area (Å²) < 4.78 is 10.7. The molecule has 4 rings (SSSR count). The highest BCUT2D eigenvalue weighted by Crippen LogP contribution is 2.33. The molecule has 0 spiro atoms. The van der Waals surface area contributed by atoms with Gasteiger partial charge < -0.3 is 14.4 Å². The van der Waals surface area contributed by atoms with Gasteiger partial charge in [-0.3, -0.25) is 4.79 Å². The number of carbonyl (C=O) groups excluding carboxylic acids is 1. The van der Waals surface area contributed by atoms with Gasteiger partial charge in [0.25, 0.3) is 0 Å². The Balaban J connectivity index is 1.35. The van der Waals surface area contributed by atoms with Crippen LogP contribution in [0.4, 0.5) is 0 Å². The second-order valence-electron chi connectivity index (χ2n) is 6.76. The Morgan fingerprint density at radius 3 is 2.76 bits per heavy atom. The molecule has 1 unspecified atom stereocenters. The first-order valence-corrected chi connectivity index (χ1v) is 9.01. The fourth-order valence-corrected chi connectivity index (χ4v) is 3.75. The monoisotopic (exact) mass is 337 g/mol. The number of hydrogen-bond acceptors (Lipinski definition) is 3. The number of benzene rings is 2. The van der Waals surface area contributed by atoms with Crippen LogP contribution in [-0.4, -0.2) is 30.2 Å². The zero-order valence-corrected chi connectivity index (χ0v) is 14.3. The molecule has 4 nitrogen and oxygen atoms in total. The minimum Gasteiger partial charge on any atom is -0.454 e. The Labute approximate surface area is 148 Å². The van der Waals surface area contributed by atoms with Crippen LogP contribution in [0.15, 0.2) is 48.5 Å². The average molecular weight is 337 g/mol.